The molecule has 0 aromatic heterocycles. The fourth-order valence-corrected chi connectivity index (χ4v) is 1.87. The standard InChI is InChI=1S/C11H20N2/c1-3-4-7-12-9-11-6-5-8-13(2)10-11/h11-12H,5-10H2,1-2H3. The van der Waals surface area contributed by atoms with E-state index in [1.54, 1.807) is 0 Å². The maximum Gasteiger partial charge on any atom is 0.0576 e. The van der Waals surface area contributed by atoms with E-state index in [0.29, 0.717) is 0 Å². The normalized spacial score (nSPS) is 23.7. The lowest BCUT2D eigenvalue weighted by atomic mass is 9.98. The first kappa shape index (κ1) is 10.6. The van der Waals surface area contributed by atoms with Crippen LogP contribution >= 0.6 is 0 Å². The van der Waals surface area contributed by atoms with Gasteiger partial charge in [0.05, 0.1) is 6.54 Å². The van der Waals surface area contributed by atoms with Crippen molar-refractivity contribution in [2.75, 3.05) is 33.2 Å². The van der Waals surface area contributed by atoms with Gasteiger partial charge in [-0.2, -0.15) is 0 Å². The zero-order valence-electron chi connectivity index (χ0n) is 8.77. The zero-order valence-corrected chi connectivity index (χ0v) is 8.77. The summed E-state index contributed by atoms with van der Waals surface area (Å²) in [5, 5.41) is 3.38. The molecule has 0 spiro atoms. The van der Waals surface area contributed by atoms with E-state index in [9.17, 15) is 0 Å². The monoisotopic (exact) mass is 180 g/mol. The molecule has 0 amide bonds. The van der Waals surface area contributed by atoms with Crippen LogP contribution in [0, 0.1) is 17.8 Å². The van der Waals surface area contributed by atoms with Crippen molar-refractivity contribution >= 4 is 0 Å². The molecule has 2 heteroatoms. The van der Waals surface area contributed by atoms with E-state index in [0.717, 1.165) is 19.0 Å². The van der Waals surface area contributed by atoms with Gasteiger partial charge >= 0.3 is 0 Å². The third-order valence-electron chi connectivity index (χ3n) is 2.55. The van der Waals surface area contributed by atoms with Gasteiger partial charge in [0.15, 0.2) is 0 Å². The average Bonchev–Trinajstić information content (AvgIpc) is 2.13. The van der Waals surface area contributed by atoms with Gasteiger partial charge in [0, 0.05) is 13.1 Å². The molecule has 0 bridgehead atoms. The fraction of sp³-hybridized carbons (Fsp3) is 0.818. The molecule has 1 aliphatic rings. The molecule has 1 aliphatic heterocycles. The lowest BCUT2D eigenvalue weighted by Gasteiger charge is -2.29. The van der Waals surface area contributed by atoms with Crippen LogP contribution in [0.5, 0.6) is 0 Å². The molecule has 1 fully saturated rings. The SMILES string of the molecule is CC#CCNCC1CCCN(C)C1. The van der Waals surface area contributed by atoms with Crippen molar-refractivity contribution in [1.82, 2.24) is 10.2 Å². The second-order valence-corrected chi connectivity index (χ2v) is 3.83. The number of nitrogens with one attached hydrogen (secondary N) is 1. The Bertz CT molecular complexity index is 190. The summed E-state index contributed by atoms with van der Waals surface area (Å²) in [7, 11) is 2.21. The van der Waals surface area contributed by atoms with Crippen molar-refractivity contribution in [3.8, 4) is 11.8 Å². The van der Waals surface area contributed by atoms with Crippen LogP contribution in [0.2, 0.25) is 0 Å². The maximum absolute atomic E-state index is 3.38. The lowest BCUT2D eigenvalue weighted by molar-refractivity contribution is 0.207. The molecule has 0 saturated carbocycles. The van der Waals surface area contributed by atoms with Crippen LogP contribution in [-0.2, 0) is 0 Å². The van der Waals surface area contributed by atoms with Crippen LogP contribution < -0.4 is 5.32 Å². The molecule has 1 N–H and O–H groups in total. The third kappa shape index (κ3) is 4.31. The average molecular weight is 180 g/mol. The van der Waals surface area contributed by atoms with Gasteiger partial charge in [-0.25, -0.2) is 0 Å². The number of hydrogen-bond acceptors (Lipinski definition) is 2. The van der Waals surface area contributed by atoms with E-state index in [1.807, 2.05) is 6.92 Å². The molecule has 1 saturated heterocycles. The van der Waals surface area contributed by atoms with Crippen LogP contribution in [0.1, 0.15) is 19.8 Å². The summed E-state index contributed by atoms with van der Waals surface area (Å²) in [6, 6.07) is 0. The van der Waals surface area contributed by atoms with Crippen molar-refractivity contribution in [2.45, 2.75) is 19.8 Å². The topological polar surface area (TPSA) is 15.3 Å². The third-order valence-corrected chi connectivity index (χ3v) is 2.55. The highest BCUT2D eigenvalue weighted by Gasteiger charge is 2.15. The molecular formula is C11H20N2. The van der Waals surface area contributed by atoms with Gasteiger partial charge in [-0.1, -0.05) is 5.92 Å². The molecule has 2 nitrogen and oxygen atoms in total. The van der Waals surface area contributed by atoms with E-state index in [-0.39, 0.29) is 0 Å². The Balaban J connectivity index is 2.08. The molecule has 0 aliphatic carbocycles. The van der Waals surface area contributed by atoms with Crippen LogP contribution in [0.25, 0.3) is 0 Å². The zero-order chi connectivity index (χ0) is 9.52. The Labute approximate surface area is 81.7 Å². The van der Waals surface area contributed by atoms with Crippen molar-refractivity contribution in [2.24, 2.45) is 5.92 Å². The number of piperidine rings is 1. The minimum Gasteiger partial charge on any atom is -0.306 e. The second-order valence-electron chi connectivity index (χ2n) is 3.83. The number of nitrogens with zero attached hydrogens (tertiary/aromatic N) is 1. The highest BCUT2D eigenvalue weighted by molar-refractivity contribution is 4.97. The van der Waals surface area contributed by atoms with E-state index in [4.69, 9.17) is 0 Å². The Morgan fingerprint density at radius 1 is 1.54 bits per heavy atom. The van der Waals surface area contributed by atoms with Crippen molar-refractivity contribution in [3.63, 3.8) is 0 Å². The van der Waals surface area contributed by atoms with Gasteiger partial charge in [-0.15, -0.1) is 5.92 Å². The Hall–Kier alpha value is -0.520. The smallest absolute Gasteiger partial charge is 0.0576 e. The first-order valence-corrected chi connectivity index (χ1v) is 5.12. The molecule has 74 valence electrons. The van der Waals surface area contributed by atoms with Gasteiger partial charge in [0.1, 0.15) is 0 Å². The summed E-state index contributed by atoms with van der Waals surface area (Å²) < 4.78 is 0. The molecule has 0 radical (unpaired) electrons. The van der Waals surface area contributed by atoms with Crippen molar-refractivity contribution < 1.29 is 0 Å². The van der Waals surface area contributed by atoms with E-state index in [2.05, 4.69) is 29.1 Å². The fourth-order valence-electron chi connectivity index (χ4n) is 1.87. The molecule has 0 aromatic rings. The number of rotatable bonds is 3. The van der Waals surface area contributed by atoms with Crippen molar-refractivity contribution in [1.29, 1.82) is 0 Å². The summed E-state index contributed by atoms with van der Waals surface area (Å²) in [5.41, 5.74) is 0. The lowest BCUT2D eigenvalue weighted by Crippen LogP contribution is -2.37. The number of likely N-dealkylation sites (tertiary alicyclic amines) is 1. The minimum absolute atomic E-state index is 0.831. The van der Waals surface area contributed by atoms with E-state index >= 15 is 0 Å². The van der Waals surface area contributed by atoms with Gasteiger partial charge in [-0.3, -0.25) is 0 Å². The summed E-state index contributed by atoms with van der Waals surface area (Å²) in [5.74, 6) is 6.75. The van der Waals surface area contributed by atoms with E-state index < -0.39 is 0 Å². The molecule has 1 rings (SSSR count). The second kappa shape index (κ2) is 6.01. The van der Waals surface area contributed by atoms with E-state index in [1.165, 1.54) is 25.9 Å². The van der Waals surface area contributed by atoms with Gasteiger partial charge < -0.3 is 10.2 Å². The van der Waals surface area contributed by atoms with Crippen LogP contribution in [0.4, 0.5) is 0 Å². The predicted molar refractivity (Wildman–Crippen MR) is 56.5 cm³/mol. The predicted octanol–water partition coefficient (Wildman–Crippen LogP) is 0.941. The molecular weight excluding hydrogens is 160 g/mol. The first-order valence-electron chi connectivity index (χ1n) is 5.12. The highest BCUT2D eigenvalue weighted by Crippen LogP contribution is 2.13. The molecule has 0 aromatic carbocycles. The van der Waals surface area contributed by atoms with Crippen LogP contribution in [-0.4, -0.2) is 38.1 Å². The molecule has 1 unspecified atom stereocenters. The number of hydrogen-bond donors (Lipinski definition) is 1. The summed E-state index contributed by atoms with van der Waals surface area (Å²) >= 11 is 0. The molecule has 1 atom stereocenters. The first-order chi connectivity index (χ1) is 6.33. The van der Waals surface area contributed by atoms with Crippen LogP contribution in [0.15, 0.2) is 0 Å². The van der Waals surface area contributed by atoms with Gasteiger partial charge in [-0.05, 0) is 39.3 Å². The quantitative estimate of drug-likeness (QED) is 0.514. The van der Waals surface area contributed by atoms with Crippen molar-refractivity contribution in [3.05, 3.63) is 0 Å². The minimum atomic E-state index is 0.831. The van der Waals surface area contributed by atoms with Crippen LogP contribution in [0.3, 0.4) is 0 Å². The van der Waals surface area contributed by atoms with Gasteiger partial charge in [0.25, 0.3) is 0 Å². The summed E-state index contributed by atoms with van der Waals surface area (Å²) in [4.78, 5) is 2.42. The summed E-state index contributed by atoms with van der Waals surface area (Å²) in [6.45, 7) is 6.36. The molecule has 13 heavy (non-hydrogen) atoms. The summed E-state index contributed by atoms with van der Waals surface area (Å²) in [6.07, 6.45) is 2.72. The largest absolute Gasteiger partial charge is 0.306 e. The Kier molecular flexibility index (Phi) is 4.88. The maximum atomic E-state index is 3.38. The van der Waals surface area contributed by atoms with Gasteiger partial charge in [0.2, 0.25) is 0 Å². The highest BCUT2D eigenvalue weighted by atomic mass is 15.1. The molecule has 1 heterocycles. The Morgan fingerprint density at radius 3 is 3.08 bits per heavy atom. The Morgan fingerprint density at radius 2 is 2.38 bits per heavy atom.